The highest BCUT2D eigenvalue weighted by Gasteiger charge is 2.28. The average Bonchev–Trinajstić information content (AvgIpc) is 2.89. The van der Waals surface area contributed by atoms with Crippen LogP contribution >= 0.6 is 23.2 Å². The van der Waals surface area contributed by atoms with Gasteiger partial charge in [0, 0.05) is 58.3 Å². The fourth-order valence-corrected chi connectivity index (χ4v) is 4.66. The van der Waals surface area contributed by atoms with Crippen LogP contribution in [0.1, 0.15) is 25.3 Å². The van der Waals surface area contributed by atoms with E-state index in [1.165, 1.54) is 6.08 Å². The molecule has 176 valence electrons. The van der Waals surface area contributed by atoms with Gasteiger partial charge in [0.15, 0.2) is 0 Å². The summed E-state index contributed by atoms with van der Waals surface area (Å²) in [5.74, 6) is 0.129. The van der Waals surface area contributed by atoms with Gasteiger partial charge < -0.3 is 20.0 Å². The van der Waals surface area contributed by atoms with Crippen LogP contribution in [-0.4, -0.2) is 94.7 Å². The molecule has 2 amide bonds. The number of halogens is 2. The third-order valence-electron chi connectivity index (χ3n) is 5.88. The van der Waals surface area contributed by atoms with Crippen LogP contribution in [0.5, 0.6) is 0 Å². The maximum atomic E-state index is 12.6. The van der Waals surface area contributed by atoms with E-state index in [4.69, 9.17) is 23.2 Å². The minimum Gasteiger partial charge on any atom is -0.392 e. The summed E-state index contributed by atoms with van der Waals surface area (Å²) in [6.07, 6.45) is 3.07. The van der Waals surface area contributed by atoms with E-state index in [1.807, 2.05) is 0 Å². The van der Waals surface area contributed by atoms with Crippen molar-refractivity contribution in [2.24, 2.45) is 5.92 Å². The topological polar surface area (TPSA) is 84.3 Å². The van der Waals surface area contributed by atoms with E-state index in [1.54, 1.807) is 34.1 Å². The first-order chi connectivity index (χ1) is 15.2. The van der Waals surface area contributed by atoms with Crippen molar-refractivity contribution in [2.45, 2.75) is 32.0 Å². The molecule has 2 N–H and O–H groups in total. The Kier molecular flexibility index (Phi) is 8.96. The van der Waals surface area contributed by atoms with Crippen LogP contribution in [-0.2, 0) is 9.59 Å². The summed E-state index contributed by atoms with van der Waals surface area (Å²) in [6, 6.07) is 5.13. The zero-order valence-corrected chi connectivity index (χ0v) is 19.8. The number of carbonyl (C=O) groups is 2. The molecule has 1 aromatic rings. The largest absolute Gasteiger partial charge is 0.392 e. The summed E-state index contributed by atoms with van der Waals surface area (Å²) in [5, 5.41) is 21.4. The molecule has 7 nitrogen and oxygen atoms in total. The summed E-state index contributed by atoms with van der Waals surface area (Å²) in [5.41, 5.74) is 0.764. The molecule has 2 saturated heterocycles. The number of aliphatic hydroxyl groups is 2. The maximum Gasteiger partial charge on any atom is 0.246 e. The minimum absolute atomic E-state index is 0.0696. The Morgan fingerprint density at radius 3 is 2.69 bits per heavy atom. The van der Waals surface area contributed by atoms with Crippen LogP contribution < -0.4 is 0 Å². The Morgan fingerprint density at radius 1 is 1.19 bits per heavy atom. The minimum atomic E-state index is -0.701. The number of carbonyl (C=O) groups excluding carboxylic acids is 2. The molecule has 0 radical (unpaired) electrons. The van der Waals surface area contributed by atoms with Crippen LogP contribution in [0.3, 0.4) is 0 Å². The van der Waals surface area contributed by atoms with Crippen LogP contribution in [0.4, 0.5) is 0 Å². The lowest BCUT2D eigenvalue weighted by Gasteiger charge is -2.36. The molecule has 9 heteroatoms. The number of nitrogens with zero attached hydrogens (tertiary/aromatic N) is 3. The quantitative estimate of drug-likeness (QED) is 0.605. The van der Waals surface area contributed by atoms with E-state index in [0.717, 1.165) is 18.5 Å². The molecule has 1 aromatic carbocycles. The van der Waals surface area contributed by atoms with Crippen LogP contribution in [0.25, 0.3) is 6.08 Å². The van der Waals surface area contributed by atoms with Crippen molar-refractivity contribution in [1.29, 1.82) is 0 Å². The van der Waals surface area contributed by atoms with Gasteiger partial charge in [-0.25, -0.2) is 0 Å². The van der Waals surface area contributed by atoms with Crippen molar-refractivity contribution >= 4 is 41.1 Å². The van der Waals surface area contributed by atoms with E-state index in [2.05, 4.69) is 11.8 Å². The van der Waals surface area contributed by atoms with Gasteiger partial charge in [0.1, 0.15) is 0 Å². The van der Waals surface area contributed by atoms with E-state index in [9.17, 15) is 19.8 Å². The van der Waals surface area contributed by atoms with Gasteiger partial charge in [-0.05, 0) is 36.1 Å². The molecule has 0 saturated carbocycles. The Morgan fingerprint density at radius 2 is 1.97 bits per heavy atom. The second-order valence-corrected chi connectivity index (χ2v) is 9.60. The number of hydrogen-bond acceptors (Lipinski definition) is 5. The molecular formula is C23H31Cl2N3O4. The van der Waals surface area contributed by atoms with Crippen molar-refractivity contribution < 1.29 is 19.8 Å². The first kappa shape index (κ1) is 25.0. The van der Waals surface area contributed by atoms with Crippen molar-refractivity contribution in [2.75, 3.05) is 45.8 Å². The first-order valence-electron chi connectivity index (χ1n) is 11.0. The maximum absolute atomic E-state index is 12.6. The highest BCUT2D eigenvalue weighted by Crippen LogP contribution is 2.23. The lowest BCUT2D eigenvalue weighted by atomic mass is 9.98. The van der Waals surface area contributed by atoms with Gasteiger partial charge in [0.2, 0.25) is 11.8 Å². The molecule has 0 bridgehead atoms. The zero-order chi connectivity index (χ0) is 23.3. The summed E-state index contributed by atoms with van der Waals surface area (Å²) >= 11 is 11.9. The Hall–Kier alpha value is -1.64. The van der Waals surface area contributed by atoms with Gasteiger partial charge in [-0.2, -0.15) is 0 Å². The van der Waals surface area contributed by atoms with Gasteiger partial charge in [0.05, 0.1) is 22.3 Å². The zero-order valence-electron chi connectivity index (χ0n) is 18.3. The van der Waals surface area contributed by atoms with Gasteiger partial charge in [0.25, 0.3) is 0 Å². The Bertz CT molecular complexity index is 841. The van der Waals surface area contributed by atoms with E-state index >= 15 is 0 Å². The fourth-order valence-electron chi connectivity index (χ4n) is 4.36. The molecule has 0 spiro atoms. The predicted molar refractivity (Wildman–Crippen MR) is 126 cm³/mol. The summed E-state index contributed by atoms with van der Waals surface area (Å²) in [4.78, 5) is 30.5. The predicted octanol–water partition coefficient (Wildman–Crippen LogP) is 2.13. The highest BCUT2D eigenvalue weighted by atomic mass is 35.5. The monoisotopic (exact) mass is 483 g/mol. The smallest absolute Gasteiger partial charge is 0.246 e. The number of hydrogen-bond donors (Lipinski definition) is 2. The summed E-state index contributed by atoms with van der Waals surface area (Å²) < 4.78 is 0. The normalized spacial score (nSPS) is 24.1. The third kappa shape index (κ3) is 7.18. The SMILES string of the molecule is C[C@@H]1C[C@H](O)CN(C[C@H](O)CN2CCN(C(=O)/C=C/c3ccc(Cl)c(Cl)c3)CCC2=O)C1. The molecule has 32 heavy (non-hydrogen) atoms. The van der Waals surface area contributed by atoms with Gasteiger partial charge in [-0.15, -0.1) is 0 Å². The molecular weight excluding hydrogens is 453 g/mol. The Labute approximate surface area is 199 Å². The molecule has 3 atom stereocenters. The molecule has 2 aliphatic rings. The average molecular weight is 484 g/mol. The second kappa shape index (κ2) is 11.5. The van der Waals surface area contributed by atoms with Gasteiger partial charge >= 0.3 is 0 Å². The molecule has 0 aromatic heterocycles. The third-order valence-corrected chi connectivity index (χ3v) is 6.61. The summed E-state index contributed by atoms with van der Waals surface area (Å²) in [6.45, 7) is 5.22. The highest BCUT2D eigenvalue weighted by molar-refractivity contribution is 6.42. The number of amides is 2. The molecule has 0 unspecified atom stereocenters. The number of aliphatic hydroxyl groups excluding tert-OH is 2. The molecule has 0 aliphatic carbocycles. The molecule has 2 fully saturated rings. The van der Waals surface area contributed by atoms with Crippen LogP contribution in [0, 0.1) is 5.92 Å². The van der Waals surface area contributed by atoms with Crippen LogP contribution in [0.15, 0.2) is 24.3 Å². The van der Waals surface area contributed by atoms with E-state index < -0.39 is 6.10 Å². The van der Waals surface area contributed by atoms with Crippen LogP contribution in [0.2, 0.25) is 10.0 Å². The standard InChI is InChI=1S/C23H31Cl2N3O4/c1-16-10-18(29)13-26(12-16)14-19(30)15-28-9-8-27(7-6-23(28)32)22(31)5-3-17-2-4-20(24)21(25)11-17/h2-5,11,16,18-19,29-30H,6-10,12-15H2,1H3/b5-3+/t16-,18+,19+/m1/s1. The van der Waals surface area contributed by atoms with Gasteiger partial charge in [-0.1, -0.05) is 36.2 Å². The van der Waals surface area contributed by atoms with Crippen molar-refractivity contribution in [3.05, 3.63) is 39.9 Å². The van der Waals surface area contributed by atoms with E-state index in [0.29, 0.717) is 48.7 Å². The van der Waals surface area contributed by atoms with Crippen molar-refractivity contribution in [3.63, 3.8) is 0 Å². The number of likely N-dealkylation sites (tertiary alicyclic amines) is 1. The number of rotatable bonds is 6. The first-order valence-corrected chi connectivity index (χ1v) is 11.7. The van der Waals surface area contributed by atoms with Crippen molar-refractivity contribution in [1.82, 2.24) is 14.7 Å². The lowest BCUT2D eigenvalue weighted by Crippen LogP contribution is -2.48. The van der Waals surface area contributed by atoms with Crippen molar-refractivity contribution in [3.8, 4) is 0 Å². The Balaban J connectivity index is 1.51. The molecule has 3 rings (SSSR count). The number of piperidine rings is 1. The molecule has 2 heterocycles. The lowest BCUT2D eigenvalue weighted by molar-refractivity contribution is -0.132. The van der Waals surface area contributed by atoms with E-state index in [-0.39, 0.29) is 30.9 Å². The summed E-state index contributed by atoms with van der Waals surface area (Å²) in [7, 11) is 0. The molecule has 2 aliphatic heterocycles. The second-order valence-electron chi connectivity index (χ2n) is 8.79. The van der Waals surface area contributed by atoms with Gasteiger partial charge in [-0.3, -0.25) is 14.5 Å². The fraction of sp³-hybridized carbons (Fsp3) is 0.565. The number of β-amino-alcohol motifs (C(OH)–C–C–N with tert-alkyl or cyclic N) is 2. The number of benzene rings is 1.